The molecule has 3 N–H and O–H groups in total. The Labute approximate surface area is 207 Å². The van der Waals surface area contributed by atoms with Gasteiger partial charge in [-0.2, -0.15) is 5.10 Å². The standard InChI is InChI=1S/C23H22FN7O6/c1-12(22(34)30-4-6-36-7-5-30)27-21(33)17-9-16(28-19-14(24)11-26-31(17)19)20(32)25-10-13-2-3-18-15(8-13)29-23(35)37-18/h2-3,8-9,11-12H,4-7,10H2,1H3,(H,25,32)(H,27,33)(H,29,35)/t12-/m0/s1. The molecule has 0 aliphatic carbocycles. The Balaban J connectivity index is 1.34. The van der Waals surface area contributed by atoms with Crippen molar-refractivity contribution in [2.24, 2.45) is 0 Å². The summed E-state index contributed by atoms with van der Waals surface area (Å²) in [5.74, 6) is -3.11. The van der Waals surface area contributed by atoms with Crippen LogP contribution in [0.2, 0.25) is 0 Å². The van der Waals surface area contributed by atoms with Crippen molar-refractivity contribution in [1.29, 1.82) is 0 Å². The lowest BCUT2D eigenvalue weighted by Crippen LogP contribution is -2.50. The van der Waals surface area contributed by atoms with Crippen molar-refractivity contribution in [2.45, 2.75) is 19.5 Å². The van der Waals surface area contributed by atoms with Crippen LogP contribution in [0.15, 0.2) is 39.7 Å². The quantitative estimate of drug-likeness (QED) is 0.331. The number of hydrogen-bond donors (Lipinski definition) is 3. The van der Waals surface area contributed by atoms with Gasteiger partial charge in [0.2, 0.25) is 5.91 Å². The fraction of sp³-hybridized carbons (Fsp3) is 0.304. The van der Waals surface area contributed by atoms with Gasteiger partial charge in [0.1, 0.15) is 17.4 Å². The van der Waals surface area contributed by atoms with Crippen molar-refractivity contribution in [1.82, 2.24) is 35.1 Å². The molecule has 0 radical (unpaired) electrons. The third-order valence-corrected chi connectivity index (χ3v) is 5.87. The zero-order valence-corrected chi connectivity index (χ0v) is 19.6. The van der Waals surface area contributed by atoms with Crippen LogP contribution in [0.4, 0.5) is 4.39 Å². The highest BCUT2D eigenvalue weighted by Crippen LogP contribution is 2.14. The maximum Gasteiger partial charge on any atom is 0.417 e. The molecule has 5 rings (SSSR count). The molecule has 4 heterocycles. The Kier molecular flexibility index (Phi) is 6.40. The van der Waals surface area contributed by atoms with Gasteiger partial charge < -0.3 is 24.7 Å². The molecule has 1 saturated heterocycles. The van der Waals surface area contributed by atoms with Gasteiger partial charge in [0.05, 0.1) is 24.9 Å². The Hall–Kier alpha value is -4.59. The van der Waals surface area contributed by atoms with Gasteiger partial charge in [-0.3, -0.25) is 19.4 Å². The summed E-state index contributed by atoms with van der Waals surface area (Å²) in [6, 6.07) is 5.18. The van der Waals surface area contributed by atoms with Crippen LogP contribution in [0.25, 0.3) is 16.7 Å². The number of halogens is 1. The number of benzene rings is 1. The topological polar surface area (TPSA) is 164 Å². The van der Waals surface area contributed by atoms with E-state index in [9.17, 15) is 23.6 Å². The molecular formula is C23H22FN7O6. The normalized spacial score (nSPS) is 14.6. The first-order valence-electron chi connectivity index (χ1n) is 11.4. The van der Waals surface area contributed by atoms with Crippen molar-refractivity contribution in [2.75, 3.05) is 26.3 Å². The SMILES string of the molecule is C[C@H](NC(=O)c1cc(C(=O)NCc2ccc3oc(=O)[nH]c3c2)nc2c(F)cnn12)C(=O)N1CCOCC1. The summed E-state index contributed by atoms with van der Waals surface area (Å²) in [5, 5.41) is 9.08. The zero-order valence-electron chi connectivity index (χ0n) is 19.6. The van der Waals surface area contributed by atoms with Crippen molar-refractivity contribution in [3.05, 3.63) is 63.8 Å². The minimum Gasteiger partial charge on any atom is -0.408 e. The number of carbonyl (C=O) groups excluding carboxylic acids is 3. The van der Waals surface area contributed by atoms with Crippen LogP contribution in [0.1, 0.15) is 33.5 Å². The number of rotatable bonds is 6. The molecule has 0 saturated carbocycles. The molecule has 37 heavy (non-hydrogen) atoms. The molecule has 3 aromatic heterocycles. The zero-order chi connectivity index (χ0) is 26.1. The second-order valence-corrected chi connectivity index (χ2v) is 8.42. The molecular weight excluding hydrogens is 489 g/mol. The van der Waals surface area contributed by atoms with Gasteiger partial charge >= 0.3 is 5.76 Å². The van der Waals surface area contributed by atoms with Gasteiger partial charge in [0.25, 0.3) is 11.8 Å². The lowest BCUT2D eigenvalue weighted by atomic mass is 10.2. The Morgan fingerprint density at radius 3 is 2.76 bits per heavy atom. The number of morpholine rings is 1. The maximum atomic E-state index is 14.3. The molecule has 13 nitrogen and oxygen atoms in total. The van der Waals surface area contributed by atoms with E-state index in [1.807, 2.05) is 0 Å². The number of hydrogen-bond acceptors (Lipinski definition) is 8. The predicted molar refractivity (Wildman–Crippen MR) is 125 cm³/mol. The summed E-state index contributed by atoms with van der Waals surface area (Å²) in [6.45, 7) is 3.25. The van der Waals surface area contributed by atoms with E-state index in [-0.39, 0.29) is 29.5 Å². The fourth-order valence-electron chi connectivity index (χ4n) is 3.99. The van der Waals surface area contributed by atoms with Gasteiger partial charge in [0, 0.05) is 25.7 Å². The Morgan fingerprint density at radius 2 is 1.97 bits per heavy atom. The van der Waals surface area contributed by atoms with Gasteiger partial charge in [-0.1, -0.05) is 6.07 Å². The van der Waals surface area contributed by atoms with Gasteiger partial charge in [0.15, 0.2) is 17.0 Å². The molecule has 192 valence electrons. The van der Waals surface area contributed by atoms with E-state index >= 15 is 0 Å². The molecule has 0 unspecified atom stereocenters. The molecule has 0 spiro atoms. The molecule has 1 aliphatic heterocycles. The summed E-state index contributed by atoms with van der Waals surface area (Å²) in [7, 11) is 0. The van der Waals surface area contributed by atoms with E-state index in [4.69, 9.17) is 9.15 Å². The molecule has 1 aliphatic rings. The number of oxazole rings is 1. The second-order valence-electron chi connectivity index (χ2n) is 8.42. The van der Waals surface area contributed by atoms with Gasteiger partial charge in [-0.15, -0.1) is 0 Å². The number of nitrogens with one attached hydrogen (secondary N) is 3. The van der Waals surface area contributed by atoms with Gasteiger partial charge in [-0.25, -0.2) is 18.7 Å². The number of aromatic amines is 1. The first-order chi connectivity index (χ1) is 17.8. The Bertz CT molecular complexity index is 1570. The predicted octanol–water partition coefficient (Wildman–Crippen LogP) is 0.210. The Morgan fingerprint density at radius 1 is 1.19 bits per heavy atom. The number of carbonyl (C=O) groups is 3. The number of ether oxygens (including phenoxy) is 1. The van der Waals surface area contributed by atoms with Crippen molar-refractivity contribution >= 4 is 34.5 Å². The summed E-state index contributed by atoms with van der Waals surface area (Å²) in [4.78, 5) is 58.1. The average Bonchev–Trinajstić information content (AvgIpc) is 3.47. The van der Waals surface area contributed by atoms with Crippen LogP contribution in [0, 0.1) is 5.82 Å². The van der Waals surface area contributed by atoms with E-state index in [2.05, 4.69) is 25.7 Å². The van der Waals surface area contributed by atoms with E-state index < -0.39 is 29.4 Å². The fourth-order valence-corrected chi connectivity index (χ4v) is 3.99. The van der Waals surface area contributed by atoms with Gasteiger partial charge in [-0.05, 0) is 24.6 Å². The summed E-state index contributed by atoms with van der Waals surface area (Å²) in [6.07, 6.45) is 0.879. The second kappa shape index (κ2) is 9.81. The first kappa shape index (κ1) is 24.1. The van der Waals surface area contributed by atoms with Crippen molar-refractivity contribution in [3.63, 3.8) is 0 Å². The number of aromatic nitrogens is 4. The minimum absolute atomic E-state index is 0.0587. The molecule has 3 amide bonds. The largest absolute Gasteiger partial charge is 0.417 e. The maximum absolute atomic E-state index is 14.3. The highest BCUT2D eigenvalue weighted by atomic mass is 19.1. The molecule has 1 fully saturated rings. The average molecular weight is 511 g/mol. The molecule has 14 heteroatoms. The van der Waals surface area contributed by atoms with Crippen LogP contribution < -0.4 is 16.4 Å². The van der Waals surface area contributed by atoms with Crippen LogP contribution in [0.5, 0.6) is 0 Å². The van der Waals surface area contributed by atoms with E-state index in [0.29, 0.717) is 43.0 Å². The lowest BCUT2D eigenvalue weighted by Gasteiger charge is -2.29. The summed E-state index contributed by atoms with van der Waals surface area (Å²) >= 11 is 0. The van der Waals surface area contributed by atoms with E-state index in [0.717, 1.165) is 10.7 Å². The molecule has 4 aromatic rings. The van der Waals surface area contributed by atoms with E-state index in [1.54, 1.807) is 23.1 Å². The monoisotopic (exact) mass is 511 g/mol. The number of amides is 3. The van der Waals surface area contributed by atoms with E-state index in [1.165, 1.54) is 13.0 Å². The number of nitrogens with zero attached hydrogens (tertiary/aromatic N) is 4. The summed E-state index contributed by atoms with van der Waals surface area (Å²) < 4.78 is 25.5. The summed E-state index contributed by atoms with van der Waals surface area (Å²) in [5.41, 5.74) is 0.795. The van der Waals surface area contributed by atoms with Crippen molar-refractivity contribution in [3.8, 4) is 0 Å². The molecule has 1 atom stereocenters. The lowest BCUT2D eigenvalue weighted by molar-refractivity contribution is -0.136. The van der Waals surface area contributed by atoms with Crippen LogP contribution >= 0.6 is 0 Å². The van der Waals surface area contributed by atoms with Crippen LogP contribution in [-0.2, 0) is 16.1 Å². The van der Waals surface area contributed by atoms with Crippen LogP contribution in [0.3, 0.4) is 0 Å². The number of fused-ring (bicyclic) bond motifs is 2. The highest BCUT2D eigenvalue weighted by molar-refractivity contribution is 6.00. The smallest absolute Gasteiger partial charge is 0.408 e. The number of H-pyrrole nitrogens is 1. The van der Waals surface area contributed by atoms with Crippen LogP contribution in [-0.4, -0.2) is 74.5 Å². The third-order valence-electron chi connectivity index (χ3n) is 5.87. The minimum atomic E-state index is -0.879. The third kappa shape index (κ3) is 4.91. The first-order valence-corrected chi connectivity index (χ1v) is 11.4. The molecule has 1 aromatic carbocycles. The molecule has 0 bridgehead atoms. The highest BCUT2D eigenvalue weighted by Gasteiger charge is 2.26. The van der Waals surface area contributed by atoms with Crippen molar-refractivity contribution < 1.29 is 27.9 Å².